The summed E-state index contributed by atoms with van der Waals surface area (Å²) in [5.41, 5.74) is 4.23. The molecule has 0 unspecified atom stereocenters. The van der Waals surface area contributed by atoms with Crippen molar-refractivity contribution in [3.8, 4) is 0 Å². The van der Waals surface area contributed by atoms with E-state index >= 15 is 0 Å². The Morgan fingerprint density at radius 3 is 1.86 bits per heavy atom. The highest BCUT2D eigenvalue weighted by Crippen LogP contribution is 2.22. The topological polar surface area (TPSA) is 37.3 Å². The van der Waals surface area contributed by atoms with Gasteiger partial charge in [-0.1, -0.05) is 57.2 Å². The molecule has 0 aliphatic heterocycles. The lowest BCUT2D eigenvalue weighted by Gasteiger charge is -2.13. The Morgan fingerprint density at radius 1 is 0.864 bits per heavy atom. The minimum absolute atomic E-state index is 0.342. The zero-order valence-electron chi connectivity index (χ0n) is 13.5. The van der Waals surface area contributed by atoms with Crippen molar-refractivity contribution in [2.75, 3.05) is 0 Å². The van der Waals surface area contributed by atoms with Crippen molar-refractivity contribution in [2.24, 2.45) is 5.92 Å². The molecular formula is C20H24O2. The lowest BCUT2D eigenvalue weighted by Crippen LogP contribution is -2.01. The summed E-state index contributed by atoms with van der Waals surface area (Å²) < 4.78 is 0. The van der Waals surface area contributed by atoms with Crippen molar-refractivity contribution in [3.05, 3.63) is 70.8 Å². The predicted octanol–water partition coefficient (Wildman–Crippen LogP) is 4.93. The highest BCUT2D eigenvalue weighted by molar-refractivity contribution is 5.87. The van der Waals surface area contributed by atoms with Crippen molar-refractivity contribution in [1.82, 2.24) is 0 Å². The average molecular weight is 296 g/mol. The van der Waals surface area contributed by atoms with Gasteiger partial charge in [-0.2, -0.15) is 0 Å². The van der Waals surface area contributed by atoms with Crippen LogP contribution >= 0.6 is 0 Å². The summed E-state index contributed by atoms with van der Waals surface area (Å²) in [5.74, 6) is 0.222. The molecule has 2 aromatic rings. The number of carboxylic acids is 1. The van der Waals surface area contributed by atoms with Crippen LogP contribution in [0.2, 0.25) is 0 Å². The molecule has 0 radical (unpaired) electrons. The van der Waals surface area contributed by atoms with Crippen LogP contribution in [0.5, 0.6) is 0 Å². The number of carbonyl (C=O) groups is 1. The second-order valence-corrected chi connectivity index (χ2v) is 6.45. The fraction of sp³-hybridized carbons (Fsp3) is 0.350. The van der Waals surface area contributed by atoms with E-state index in [0.29, 0.717) is 17.4 Å². The summed E-state index contributed by atoms with van der Waals surface area (Å²) in [7, 11) is 0. The van der Waals surface area contributed by atoms with Crippen molar-refractivity contribution in [2.45, 2.75) is 39.5 Å². The highest BCUT2D eigenvalue weighted by atomic mass is 16.4. The third kappa shape index (κ3) is 4.45. The molecule has 0 saturated heterocycles. The van der Waals surface area contributed by atoms with Crippen LogP contribution < -0.4 is 0 Å². The van der Waals surface area contributed by atoms with Crippen molar-refractivity contribution in [3.63, 3.8) is 0 Å². The monoisotopic (exact) mass is 296 g/mol. The molecule has 2 nitrogen and oxygen atoms in total. The summed E-state index contributed by atoms with van der Waals surface area (Å²) in [6.45, 7) is 6.68. The standard InChI is InChI=1S/C20H24O2/c1-14(2)12-16-4-8-18(9-5-16)15(3)13-17-6-10-19(11-7-17)20(21)22/h4-11,14-15H,12-13H2,1-3H3,(H,21,22)/t15-/m1/s1. The van der Waals surface area contributed by atoms with Gasteiger partial charge in [0, 0.05) is 0 Å². The Morgan fingerprint density at radius 2 is 1.36 bits per heavy atom. The van der Waals surface area contributed by atoms with E-state index < -0.39 is 5.97 Å². The first kappa shape index (κ1) is 16.3. The second kappa shape index (κ2) is 7.26. The number of aromatic carboxylic acids is 1. The van der Waals surface area contributed by atoms with E-state index in [9.17, 15) is 4.79 Å². The summed E-state index contributed by atoms with van der Waals surface area (Å²) >= 11 is 0. The normalized spacial score (nSPS) is 12.4. The van der Waals surface area contributed by atoms with E-state index in [2.05, 4.69) is 45.0 Å². The molecule has 0 fully saturated rings. The van der Waals surface area contributed by atoms with Gasteiger partial charge >= 0.3 is 5.97 Å². The summed E-state index contributed by atoms with van der Waals surface area (Å²) in [6, 6.07) is 16.0. The van der Waals surface area contributed by atoms with Gasteiger partial charge in [0.1, 0.15) is 0 Å². The fourth-order valence-electron chi connectivity index (χ4n) is 2.71. The van der Waals surface area contributed by atoms with Gasteiger partial charge in [0.15, 0.2) is 0 Å². The van der Waals surface area contributed by atoms with Crippen molar-refractivity contribution >= 4 is 5.97 Å². The van der Waals surface area contributed by atoms with E-state index in [0.717, 1.165) is 12.8 Å². The summed E-state index contributed by atoms with van der Waals surface area (Å²) in [6.07, 6.45) is 2.04. The van der Waals surface area contributed by atoms with Crippen molar-refractivity contribution in [1.29, 1.82) is 0 Å². The van der Waals surface area contributed by atoms with Crippen LogP contribution in [0.1, 0.15) is 53.7 Å². The molecule has 1 N–H and O–H groups in total. The highest BCUT2D eigenvalue weighted by Gasteiger charge is 2.08. The van der Waals surface area contributed by atoms with E-state index in [1.807, 2.05) is 12.1 Å². The summed E-state index contributed by atoms with van der Waals surface area (Å²) in [5, 5.41) is 8.92. The van der Waals surface area contributed by atoms with E-state index in [-0.39, 0.29) is 0 Å². The van der Waals surface area contributed by atoms with Gasteiger partial charge < -0.3 is 5.11 Å². The van der Waals surface area contributed by atoms with Crippen molar-refractivity contribution < 1.29 is 9.90 Å². The van der Waals surface area contributed by atoms with Gasteiger partial charge in [-0.05, 0) is 53.5 Å². The maximum atomic E-state index is 10.9. The molecule has 0 aliphatic carbocycles. The zero-order chi connectivity index (χ0) is 16.1. The number of benzene rings is 2. The lowest BCUT2D eigenvalue weighted by atomic mass is 9.92. The van der Waals surface area contributed by atoms with Crippen LogP contribution in [-0.2, 0) is 12.8 Å². The van der Waals surface area contributed by atoms with Crippen LogP contribution in [-0.4, -0.2) is 11.1 Å². The number of hydrogen-bond acceptors (Lipinski definition) is 1. The van der Waals surface area contributed by atoms with Gasteiger partial charge in [-0.15, -0.1) is 0 Å². The molecule has 0 heterocycles. The third-order valence-electron chi connectivity index (χ3n) is 3.94. The molecular weight excluding hydrogens is 272 g/mol. The second-order valence-electron chi connectivity index (χ2n) is 6.45. The van der Waals surface area contributed by atoms with Crippen LogP contribution in [0, 0.1) is 5.92 Å². The van der Waals surface area contributed by atoms with Gasteiger partial charge in [0.25, 0.3) is 0 Å². The van der Waals surface area contributed by atoms with Gasteiger partial charge in [-0.25, -0.2) is 4.79 Å². The fourth-order valence-corrected chi connectivity index (χ4v) is 2.71. The first-order valence-corrected chi connectivity index (χ1v) is 7.86. The van der Waals surface area contributed by atoms with Gasteiger partial charge in [0.2, 0.25) is 0 Å². The Hall–Kier alpha value is -2.09. The molecule has 2 aromatic carbocycles. The Bertz CT molecular complexity index is 609. The molecule has 0 bridgehead atoms. The van der Waals surface area contributed by atoms with E-state index in [1.165, 1.54) is 16.7 Å². The van der Waals surface area contributed by atoms with Gasteiger partial charge in [-0.3, -0.25) is 0 Å². The van der Waals surface area contributed by atoms with Gasteiger partial charge in [0.05, 0.1) is 5.56 Å². The lowest BCUT2D eigenvalue weighted by molar-refractivity contribution is 0.0697. The molecule has 0 aliphatic rings. The third-order valence-corrected chi connectivity index (χ3v) is 3.94. The number of hydrogen-bond donors (Lipinski definition) is 1. The molecule has 116 valence electrons. The Labute approximate surface area is 132 Å². The number of rotatable bonds is 6. The molecule has 2 heteroatoms. The average Bonchev–Trinajstić information content (AvgIpc) is 2.48. The van der Waals surface area contributed by atoms with Crippen LogP contribution in [0.15, 0.2) is 48.5 Å². The quantitative estimate of drug-likeness (QED) is 0.820. The minimum Gasteiger partial charge on any atom is -0.478 e. The number of carboxylic acid groups (broad SMARTS) is 1. The predicted molar refractivity (Wildman–Crippen MR) is 90.5 cm³/mol. The molecule has 0 aromatic heterocycles. The van der Waals surface area contributed by atoms with Crippen LogP contribution in [0.25, 0.3) is 0 Å². The molecule has 1 atom stereocenters. The zero-order valence-corrected chi connectivity index (χ0v) is 13.5. The van der Waals surface area contributed by atoms with Crippen LogP contribution in [0.4, 0.5) is 0 Å². The Kier molecular flexibility index (Phi) is 5.37. The molecule has 22 heavy (non-hydrogen) atoms. The molecule has 0 spiro atoms. The maximum absolute atomic E-state index is 10.9. The first-order valence-electron chi connectivity index (χ1n) is 7.86. The SMILES string of the molecule is CC(C)Cc1ccc([C@H](C)Cc2ccc(C(=O)O)cc2)cc1. The smallest absolute Gasteiger partial charge is 0.335 e. The molecule has 2 rings (SSSR count). The largest absolute Gasteiger partial charge is 0.478 e. The van der Waals surface area contributed by atoms with Crippen LogP contribution in [0.3, 0.4) is 0 Å². The Balaban J connectivity index is 2.02. The van der Waals surface area contributed by atoms with E-state index in [1.54, 1.807) is 12.1 Å². The maximum Gasteiger partial charge on any atom is 0.335 e. The summed E-state index contributed by atoms with van der Waals surface area (Å²) in [4.78, 5) is 10.9. The molecule has 0 amide bonds. The minimum atomic E-state index is -0.875. The molecule has 0 saturated carbocycles. The first-order chi connectivity index (χ1) is 10.5. The van der Waals surface area contributed by atoms with E-state index in [4.69, 9.17) is 5.11 Å².